The van der Waals surface area contributed by atoms with E-state index in [1.54, 1.807) is 30.3 Å². The maximum Gasteiger partial charge on any atom is 0.525 e. The van der Waals surface area contributed by atoms with E-state index in [9.17, 15) is 23.1 Å². The fraction of sp³-hybridized carbons (Fsp3) is 0.267. The molecule has 2 rings (SSSR count). The molecule has 0 saturated carbocycles. The van der Waals surface area contributed by atoms with Crippen LogP contribution in [0.15, 0.2) is 47.7 Å². The Morgan fingerprint density at radius 2 is 1.91 bits per heavy atom. The number of alkyl halides is 3. The lowest BCUT2D eigenvalue weighted by atomic mass is 9.88. The Hall–Kier alpha value is -2.12. The molecule has 0 radical (unpaired) electrons. The molecule has 118 valence electrons. The summed E-state index contributed by atoms with van der Waals surface area (Å²) < 4.78 is 46.3. The number of carbonyl (C=O) groups is 1. The van der Waals surface area contributed by atoms with Crippen LogP contribution in [0.3, 0.4) is 0 Å². The van der Waals surface area contributed by atoms with E-state index in [1.807, 2.05) is 0 Å². The van der Waals surface area contributed by atoms with E-state index >= 15 is 0 Å². The third-order valence-corrected chi connectivity index (χ3v) is 3.28. The number of halogens is 3. The van der Waals surface area contributed by atoms with Gasteiger partial charge in [0.2, 0.25) is 5.79 Å². The van der Waals surface area contributed by atoms with Gasteiger partial charge in [0, 0.05) is 19.1 Å². The number of hydrogen-bond acceptors (Lipinski definition) is 4. The van der Waals surface area contributed by atoms with Gasteiger partial charge in [0.05, 0.1) is 0 Å². The minimum atomic E-state index is -5.03. The molecule has 4 nitrogen and oxygen atoms in total. The molecule has 7 heteroatoms. The van der Waals surface area contributed by atoms with Crippen LogP contribution >= 0.6 is 0 Å². The molecule has 0 fully saturated rings. The first-order valence-electron chi connectivity index (χ1n) is 6.28. The minimum Gasteiger partial charge on any atom is -0.507 e. The zero-order valence-electron chi connectivity index (χ0n) is 11.6. The topological polar surface area (TPSA) is 55.8 Å². The van der Waals surface area contributed by atoms with E-state index in [0.717, 1.165) is 13.2 Å². The van der Waals surface area contributed by atoms with Crippen LogP contribution < -0.4 is 0 Å². The van der Waals surface area contributed by atoms with Crippen LogP contribution in [0.1, 0.15) is 12.0 Å². The molecular weight excluding hydrogens is 301 g/mol. The lowest BCUT2D eigenvalue weighted by Gasteiger charge is -2.35. The highest BCUT2D eigenvalue weighted by Gasteiger charge is 2.49. The standard InChI is InChI=1S/C15H13F3O4/c1-21-14(22-15(16,17)18)8-11(9-19)12(7-13(14)20)10-5-3-2-4-6-10/h2-7,9,20H,8H2,1H3. The number of aldehydes is 1. The molecule has 1 N–H and O–H groups in total. The van der Waals surface area contributed by atoms with Gasteiger partial charge < -0.3 is 9.84 Å². The lowest BCUT2D eigenvalue weighted by molar-refractivity contribution is -0.408. The normalized spacial score (nSPS) is 22.5. The highest BCUT2D eigenvalue weighted by molar-refractivity contribution is 5.93. The molecule has 1 unspecified atom stereocenters. The van der Waals surface area contributed by atoms with Crippen LogP contribution in [0.5, 0.6) is 0 Å². The van der Waals surface area contributed by atoms with Crippen molar-refractivity contribution in [1.29, 1.82) is 0 Å². The van der Waals surface area contributed by atoms with Crippen molar-refractivity contribution in [2.45, 2.75) is 18.6 Å². The van der Waals surface area contributed by atoms with Crippen LogP contribution in [0, 0.1) is 0 Å². The fourth-order valence-electron chi connectivity index (χ4n) is 2.26. The van der Waals surface area contributed by atoms with Crippen LogP contribution in [0.2, 0.25) is 0 Å². The molecule has 1 atom stereocenters. The number of methoxy groups -OCH3 is 1. The number of hydrogen-bond donors (Lipinski definition) is 1. The zero-order chi connectivity index (χ0) is 16.4. The van der Waals surface area contributed by atoms with Gasteiger partial charge in [-0.2, -0.15) is 0 Å². The average molecular weight is 314 g/mol. The number of carbonyl (C=O) groups excluding carboxylic acids is 1. The second-order valence-corrected chi connectivity index (χ2v) is 4.63. The zero-order valence-corrected chi connectivity index (χ0v) is 11.6. The monoisotopic (exact) mass is 314 g/mol. The van der Waals surface area contributed by atoms with E-state index in [-0.39, 0.29) is 5.57 Å². The molecule has 1 aromatic rings. The molecule has 0 spiro atoms. The summed E-state index contributed by atoms with van der Waals surface area (Å²) in [5.41, 5.74) is 0.953. The van der Waals surface area contributed by atoms with E-state index in [1.165, 1.54) is 0 Å². The number of allylic oxidation sites excluding steroid dienone is 2. The lowest BCUT2D eigenvalue weighted by Crippen LogP contribution is -2.44. The van der Waals surface area contributed by atoms with E-state index in [4.69, 9.17) is 4.74 Å². The highest BCUT2D eigenvalue weighted by Crippen LogP contribution is 2.41. The van der Waals surface area contributed by atoms with E-state index < -0.39 is 24.3 Å². The summed E-state index contributed by atoms with van der Waals surface area (Å²) in [6, 6.07) is 8.52. The summed E-state index contributed by atoms with van der Waals surface area (Å²) in [6.07, 6.45) is -4.11. The summed E-state index contributed by atoms with van der Waals surface area (Å²) in [5.74, 6) is -3.20. The van der Waals surface area contributed by atoms with Crippen LogP contribution in [-0.2, 0) is 14.3 Å². The maximum atomic E-state index is 12.6. The smallest absolute Gasteiger partial charge is 0.507 e. The Morgan fingerprint density at radius 1 is 1.27 bits per heavy atom. The van der Waals surface area contributed by atoms with Crippen molar-refractivity contribution in [2.75, 3.05) is 7.11 Å². The van der Waals surface area contributed by atoms with Gasteiger partial charge in [-0.3, -0.25) is 9.53 Å². The van der Waals surface area contributed by atoms with E-state index in [0.29, 0.717) is 17.4 Å². The molecule has 0 bridgehead atoms. The van der Waals surface area contributed by atoms with Crippen LogP contribution in [-0.4, -0.2) is 30.7 Å². The van der Waals surface area contributed by atoms with Crippen molar-refractivity contribution in [1.82, 2.24) is 0 Å². The van der Waals surface area contributed by atoms with Gasteiger partial charge in [-0.05, 0) is 17.2 Å². The minimum absolute atomic E-state index is 0.0371. The molecule has 0 saturated heterocycles. The molecule has 1 aromatic carbocycles. The predicted molar refractivity (Wildman–Crippen MR) is 71.6 cm³/mol. The predicted octanol–water partition coefficient (Wildman–Crippen LogP) is 3.36. The first-order chi connectivity index (χ1) is 10.3. The Balaban J connectivity index is 2.48. The molecule has 0 aliphatic heterocycles. The van der Waals surface area contributed by atoms with Crippen LogP contribution in [0.25, 0.3) is 5.57 Å². The van der Waals surface area contributed by atoms with Gasteiger partial charge in [-0.1, -0.05) is 30.3 Å². The first kappa shape index (κ1) is 16.3. The van der Waals surface area contributed by atoms with Crippen LogP contribution in [0.4, 0.5) is 13.2 Å². The Labute approximate surface area is 124 Å². The van der Waals surface area contributed by atoms with Gasteiger partial charge in [-0.25, -0.2) is 0 Å². The molecule has 22 heavy (non-hydrogen) atoms. The van der Waals surface area contributed by atoms with Crippen molar-refractivity contribution in [3.8, 4) is 0 Å². The molecular formula is C15H13F3O4. The number of aliphatic hydroxyl groups excluding tert-OH is 1. The SMILES string of the molecule is COC1(OC(F)(F)F)CC(C=O)=C(c2ccccc2)C=C1O. The highest BCUT2D eigenvalue weighted by atomic mass is 19.4. The van der Waals surface area contributed by atoms with Gasteiger partial charge in [0.25, 0.3) is 0 Å². The summed E-state index contributed by atoms with van der Waals surface area (Å²) in [5, 5.41) is 9.99. The maximum absolute atomic E-state index is 12.6. The number of benzene rings is 1. The Kier molecular flexibility index (Phi) is 4.39. The van der Waals surface area contributed by atoms with Gasteiger partial charge in [0.15, 0.2) is 5.76 Å². The molecule has 0 heterocycles. The molecule has 0 amide bonds. The number of ether oxygens (including phenoxy) is 2. The average Bonchev–Trinajstić information content (AvgIpc) is 2.48. The molecule has 1 aliphatic rings. The van der Waals surface area contributed by atoms with Gasteiger partial charge >= 0.3 is 6.36 Å². The Morgan fingerprint density at radius 3 is 2.41 bits per heavy atom. The second-order valence-electron chi connectivity index (χ2n) is 4.63. The van der Waals surface area contributed by atoms with Gasteiger partial charge in [0.1, 0.15) is 6.29 Å². The quantitative estimate of drug-likeness (QED) is 0.684. The summed E-state index contributed by atoms with van der Waals surface area (Å²) >= 11 is 0. The van der Waals surface area contributed by atoms with Crippen molar-refractivity contribution in [2.24, 2.45) is 0 Å². The Bertz CT molecular complexity index is 619. The van der Waals surface area contributed by atoms with Crippen molar-refractivity contribution >= 4 is 11.9 Å². The first-order valence-corrected chi connectivity index (χ1v) is 6.28. The second kappa shape index (κ2) is 5.94. The van der Waals surface area contributed by atoms with Crippen molar-refractivity contribution in [3.05, 3.63) is 53.3 Å². The molecule has 0 aromatic heterocycles. The molecule has 1 aliphatic carbocycles. The van der Waals surface area contributed by atoms with Crippen molar-refractivity contribution in [3.63, 3.8) is 0 Å². The largest absolute Gasteiger partial charge is 0.525 e. The summed E-state index contributed by atoms with van der Waals surface area (Å²) in [7, 11) is 0.964. The summed E-state index contributed by atoms with van der Waals surface area (Å²) in [6.45, 7) is 0. The third-order valence-electron chi connectivity index (χ3n) is 3.28. The number of rotatable bonds is 4. The van der Waals surface area contributed by atoms with E-state index in [2.05, 4.69) is 4.74 Å². The summed E-state index contributed by atoms with van der Waals surface area (Å²) in [4.78, 5) is 11.3. The van der Waals surface area contributed by atoms with Crippen molar-refractivity contribution < 1.29 is 32.5 Å². The third kappa shape index (κ3) is 3.20. The fourth-order valence-corrected chi connectivity index (χ4v) is 2.26. The number of aliphatic hydroxyl groups is 1. The van der Waals surface area contributed by atoms with Gasteiger partial charge in [-0.15, -0.1) is 13.2 Å².